The molecular formula is C18H22Cl3NO. The Labute approximate surface area is 154 Å². The molecule has 126 valence electrons. The van der Waals surface area contributed by atoms with Crippen LogP contribution in [0.2, 0.25) is 10.0 Å². The molecule has 0 spiro atoms. The van der Waals surface area contributed by atoms with Crippen molar-refractivity contribution in [3.8, 4) is 0 Å². The first-order valence-corrected chi connectivity index (χ1v) is 8.25. The second-order valence-electron chi connectivity index (χ2n) is 5.21. The maximum absolute atomic E-state index is 10.9. The average molecular weight is 375 g/mol. The van der Waals surface area contributed by atoms with Crippen LogP contribution in [0.3, 0.4) is 0 Å². The minimum absolute atomic E-state index is 0. The Morgan fingerprint density at radius 1 is 0.826 bits per heavy atom. The molecule has 0 fully saturated rings. The van der Waals surface area contributed by atoms with Gasteiger partial charge in [0.1, 0.15) is 0 Å². The van der Waals surface area contributed by atoms with Gasteiger partial charge in [0.15, 0.2) is 0 Å². The minimum atomic E-state index is -0.627. The summed E-state index contributed by atoms with van der Waals surface area (Å²) in [5.41, 5.74) is 1.91. The fraction of sp³-hybridized carbons (Fsp3) is 0.333. The second-order valence-corrected chi connectivity index (χ2v) is 6.09. The highest BCUT2D eigenvalue weighted by molar-refractivity contribution is 6.30. The highest BCUT2D eigenvalue weighted by Crippen LogP contribution is 2.34. The maximum atomic E-state index is 10.9. The molecule has 2 atom stereocenters. The van der Waals surface area contributed by atoms with Crippen molar-refractivity contribution in [1.82, 2.24) is 4.90 Å². The van der Waals surface area contributed by atoms with Crippen LogP contribution in [-0.4, -0.2) is 23.1 Å². The molecule has 0 amide bonds. The molecule has 0 aliphatic carbocycles. The number of nitrogens with zero attached hydrogens (tertiary/aromatic N) is 1. The summed E-state index contributed by atoms with van der Waals surface area (Å²) in [7, 11) is 0. The van der Waals surface area contributed by atoms with Gasteiger partial charge in [-0.05, 0) is 48.5 Å². The minimum Gasteiger partial charge on any atom is -0.386 e. The van der Waals surface area contributed by atoms with Gasteiger partial charge in [-0.1, -0.05) is 61.3 Å². The number of benzene rings is 2. The number of aliphatic hydroxyl groups excluding tert-OH is 1. The number of hydrogen-bond donors (Lipinski definition) is 1. The molecule has 0 bridgehead atoms. The normalized spacial score (nSPS) is 13.5. The first-order chi connectivity index (χ1) is 10.6. The molecule has 5 heteroatoms. The lowest BCUT2D eigenvalue weighted by Gasteiger charge is -2.34. The summed E-state index contributed by atoms with van der Waals surface area (Å²) in [5, 5.41) is 12.3. The molecular weight excluding hydrogens is 353 g/mol. The first-order valence-electron chi connectivity index (χ1n) is 7.49. The first kappa shape index (κ1) is 20.3. The average Bonchev–Trinajstić information content (AvgIpc) is 2.54. The molecule has 0 radical (unpaired) electrons. The van der Waals surface area contributed by atoms with Gasteiger partial charge in [-0.3, -0.25) is 4.90 Å². The Hall–Kier alpha value is -0.770. The van der Waals surface area contributed by atoms with E-state index in [2.05, 4.69) is 18.7 Å². The summed E-state index contributed by atoms with van der Waals surface area (Å²) in [4.78, 5) is 2.24. The van der Waals surface area contributed by atoms with E-state index in [0.29, 0.717) is 10.0 Å². The van der Waals surface area contributed by atoms with Gasteiger partial charge in [-0.25, -0.2) is 0 Å². The lowest BCUT2D eigenvalue weighted by Crippen LogP contribution is -2.32. The summed E-state index contributed by atoms with van der Waals surface area (Å²) in [5.74, 6) is 0. The molecule has 2 nitrogen and oxygen atoms in total. The lowest BCUT2D eigenvalue weighted by atomic mass is 9.94. The molecule has 0 heterocycles. The topological polar surface area (TPSA) is 23.5 Å². The summed E-state index contributed by atoms with van der Waals surface area (Å²) in [6, 6.07) is 14.9. The van der Waals surface area contributed by atoms with E-state index in [0.717, 1.165) is 24.2 Å². The molecule has 2 rings (SSSR count). The number of likely N-dealkylation sites (N-methyl/N-ethyl adjacent to an activating group) is 1. The zero-order chi connectivity index (χ0) is 16.1. The monoisotopic (exact) mass is 373 g/mol. The molecule has 0 aromatic heterocycles. The van der Waals surface area contributed by atoms with E-state index in [1.807, 2.05) is 36.4 Å². The molecule has 0 saturated carbocycles. The van der Waals surface area contributed by atoms with Crippen LogP contribution in [0.15, 0.2) is 48.5 Å². The van der Waals surface area contributed by atoms with Crippen LogP contribution < -0.4 is 0 Å². The Morgan fingerprint density at radius 2 is 1.22 bits per heavy atom. The van der Waals surface area contributed by atoms with Gasteiger partial charge in [0.05, 0.1) is 12.1 Å². The van der Waals surface area contributed by atoms with E-state index in [1.165, 1.54) is 0 Å². The predicted molar refractivity (Wildman–Crippen MR) is 101 cm³/mol. The van der Waals surface area contributed by atoms with E-state index in [-0.39, 0.29) is 18.4 Å². The molecule has 2 unspecified atom stereocenters. The summed E-state index contributed by atoms with van der Waals surface area (Å²) in [6.07, 6.45) is -0.627. The smallest absolute Gasteiger partial charge is 0.0986 e. The van der Waals surface area contributed by atoms with Gasteiger partial charge in [0, 0.05) is 10.0 Å². The van der Waals surface area contributed by atoms with Gasteiger partial charge < -0.3 is 5.11 Å². The zero-order valence-corrected chi connectivity index (χ0v) is 15.6. The summed E-state index contributed by atoms with van der Waals surface area (Å²) < 4.78 is 0. The number of rotatable bonds is 6. The Kier molecular flexibility index (Phi) is 8.38. The quantitative estimate of drug-likeness (QED) is 0.718. The molecule has 0 saturated heterocycles. The summed E-state index contributed by atoms with van der Waals surface area (Å²) >= 11 is 11.9. The van der Waals surface area contributed by atoms with Crippen molar-refractivity contribution in [2.45, 2.75) is 26.0 Å². The third-order valence-corrected chi connectivity index (χ3v) is 4.43. The van der Waals surface area contributed by atoms with Gasteiger partial charge in [0.2, 0.25) is 0 Å². The van der Waals surface area contributed by atoms with Crippen LogP contribution in [-0.2, 0) is 0 Å². The SMILES string of the molecule is CCN(CC)C(c1ccc(Cl)cc1)C(O)c1ccc(Cl)cc1.Cl. The highest BCUT2D eigenvalue weighted by Gasteiger charge is 2.27. The van der Waals surface area contributed by atoms with Crippen molar-refractivity contribution in [2.24, 2.45) is 0 Å². The van der Waals surface area contributed by atoms with E-state index in [1.54, 1.807) is 12.1 Å². The van der Waals surface area contributed by atoms with E-state index in [9.17, 15) is 5.11 Å². The van der Waals surface area contributed by atoms with Crippen molar-refractivity contribution < 1.29 is 5.11 Å². The molecule has 0 aliphatic rings. The predicted octanol–water partition coefficient (Wildman–Crippen LogP) is 5.53. The van der Waals surface area contributed by atoms with Gasteiger partial charge in [0.25, 0.3) is 0 Å². The van der Waals surface area contributed by atoms with Crippen molar-refractivity contribution in [3.63, 3.8) is 0 Å². The number of aliphatic hydroxyl groups is 1. The van der Waals surface area contributed by atoms with Gasteiger partial charge >= 0.3 is 0 Å². The highest BCUT2D eigenvalue weighted by atomic mass is 35.5. The third kappa shape index (κ3) is 5.10. The molecule has 23 heavy (non-hydrogen) atoms. The van der Waals surface area contributed by atoms with Crippen LogP contribution in [0.5, 0.6) is 0 Å². The lowest BCUT2D eigenvalue weighted by molar-refractivity contribution is 0.0528. The van der Waals surface area contributed by atoms with Gasteiger partial charge in [-0.2, -0.15) is 0 Å². The summed E-state index contributed by atoms with van der Waals surface area (Å²) in [6.45, 7) is 5.91. The van der Waals surface area contributed by atoms with E-state index in [4.69, 9.17) is 23.2 Å². The van der Waals surface area contributed by atoms with Crippen LogP contribution in [0, 0.1) is 0 Å². The number of hydrogen-bond acceptors (Lipinski definition) is 2. The molecule has 2 aromatic carbocycles. The molecule has 1 N–H and O–H groups in total. The van der Waals surface area contributed by atoms with Crippen molar-refractivity contribution in [1.29, 1.82) is 0 Å². The number of halogens is 3. The fourth-order valence-corrected chi connectivity index (χ4v) is 2.96. The maximum Gasteiger partial charge on any atom is 0.0986 e. The zero-order valence-electron chi connectivity index (χ0n) is 13.2. The van der Waals surface area contributed by atoms with Crippen molar-refractivity contribution in [2.75, 3.05) is 13.1 Å². The Bertz CT molecular complexity index is 582. The Balaban J connectivity index is 0.00000264. The fourth-order valence-electron chi connectivity index (χ4n) is 2.71. The van der Waals surface area contributed by atoms with Crippen LogP contribution in [0.1, 0.15) is 37.1 Å². The van der Waals surface area contributed by atoms with Crippen LogP contribution in [0.25, 0.3) is 0 Å². The van der Waals surface area contributed by atoms with Crippen molar-refractivity contribution in [3.05, 3.63) is 69.7 Å². The van der Waals surface area contributed by atoms with Crippen LogP contribution >= 0.6 is 35.6 Å². The van der Waals surface area contributed by atoms with E-state index >= 15 is 0 Å². The third-order valence-electron chi connectivity index (χ3n) is 3.93. The largest absolute Gasteiger partial charge is 0.386 e. The second kappa shape index (κ2) is 9.51. The Morgan fingerprint density at radius 3 is 1.61 bits per heavy atom. The van der Waals surface area contributed by atoms with Gasteiger partial charge in [-0.15, -0.1) is 12.4 Å². The molecule has 2 aromatic rings. The molecule has 0 aliphatic heterocycles. The van der Waals surface area contributed by atoms with E-state index < -0.39 is 6.10 Å². The standard InChI is InChI=1S/C18H21Cl2NO.ClH/c1-3-21(4-2)17(13-5-9-15(19)10-6-13)18(22)14-7-11-16(20)12-8-14;/h5-12,17-18,22H,3-4H2,1-2H3;1H. The van der Waals surface area contributed by atoms with Crippen LogP contribution in [0.4, 0.5) is 0 Å². The van der Waals surface area contributed by atoms with Crippen molar-refractivity contribution >= 4 is 35.6 Å².